The fraction of sp³-hybridized carbons (Fsp3) is 0. The molecule has 0 aliphatic heterocycles. The highest BCUT2D eigenvalue weighted by atomic mass is 35.5. The summed E-state index contributed by atoms with van der Waals surface area (Å²) in [6.07, 6.45) is 1.14. The first-order valence-corrected chi connectivity index (χ1v) is 5.75. The van der Waals surface area contributed by atoms with Crippen LogP contribution in [0.4, 0.5) is 0 Å². The summed E-state index contributed by atoms with van der Waals surface area (Å²) < 4.78 is 29.3. The standard InChI is InChI=1S/C8H6Cl2O3S/c9-7-2-1-3-8(10)6(7)4-5-14(11,12)13/h1-5H,(H,11,12,13). The minimum Gasteiger partial charge on any atom is -0.282 e. The van der Waals surface area contributed by atoms with Crippen molar-refractivity contribution in [1.29, 1.82) is 0 Å². The zero-order chi connectivity index (χ0) is 10.8. The SMILES string of the molecule is O=S(=O)(O)C=Cc1c(Cl)cccc1Cl. The van der Waals surface area contributed by atoms with Crippen LogP contribution in [0.1, 0.15) is 5.56 Å². The van der Waals surface area contributed by atoms with Crippen molar-refractivity contribution in [3.8, 4) is 0 Å². The Hall–Kier alpha value is -0.550. The minimum atomic E-state index is -4.15. The van der Waals surface area contributed by atoms with Gasteiger partial charge in [-0.15, -0.1) is 0 Å². The largest absolute Gasteiger partial charge is 0.287 e. The lowest BCUT2D eigenvalue weighted by molar-refractivity contribution is 0.494. The average Bonchev–Trinajstić information content (AvgIpc) is 2.01. The maximum atomic E-state index is 10.4. The van der Waals surface area contributed by atoms with Gasteiger partial charge in [0.1, 0.15) is 0 Å². The lowest BCUT2D eigenvalue weighted by Gasteiger charge is -1.99. The summed E-state index contributed by atoms with van der Waals surface area (Å²) in [5.41, 5.74) is 0.355. The van der Waals surface area contributed by atoms with Crippen LogP contribution in [0.15, 0.2) is 23.6 Å². The van der Waals surface area contributed by atoms with Crippen LogP contribution < -0.4 is 0 Å². The van der Waals surface area contributed by atoms with Gasteiger partial charge in [0.15, 0.2) is 0 Å². The lowest BCUT2D eigenvalue weighted by atomic mass is 10.2. The van der Waals surface area contributed by atoms with Crippen molar-refractivity contribution in [2.45, 2.75) is 0 Å². The molecule has 0 fully saturated rings. The first kappa shape index (κ1) is 11.5. The Bertz CT molecular complexity index is 445. The van der Waals surface area contributed by atoms with Crippen LogP contribution in [-0.4, -0.2) is 13.0 Å². The lowest BCUT2D eigenvalue weighted by Crippen LogP contribution is -1.89. The third-order valence-electron chi connectivity index (χ3n) is 1.41. The number of hydrogen-bond donors (Lipinski definition) is 1. The van der Waals surface area contributed by atoms with Crippen molar-refractivity contribution in [3.05, 3.63) is 39.2 Å². The van der Waals surface area contributed by atoms with E-state index in [1.807, 2.05) is 0 Å². The second-order valence-corrected chi connectivity index (χ2v) is 4.57. The summed E-state index contributed by atoms with van der Waals surface area (Å²) in [7, 11) is -4.15. The molecule has 0 radical (unpaired) electrons. The molecule has 1 aromatic rings. The van der Waals surface area contributed by atoms with E-state index in [4.69, 9.17) is 27.8 Å². The second-order valence-electron chi connectivity index (χ2n) is 2.45. The molecule has 0 atom stereocenters. The molecule has 14 heavy (non-hydrogen) atoms. The van der Waals surface area contributed by atoms with Crippen molar-refractivity contribution in [2.75, 3.05) is 0 Å². The van der Waals surface area contributed by atoms with Gasteiger partial charge in [-0.3, -0.25) is 4.55 Å². The van der Waals surface area contributed by atoms with Gasteiger partial charge < -0.3 is 0 Å². The second kappa shape index (κ2) is 4.31. The van der Waals surface area contributed by atoms with Crippen LogP contribution in [-0.2, 0) is 10.1 Å². The Labute approximate surface area is 91.7 Å². The van der Waals surface area contributed by atoms with E-state index in [-0.39, 0.29) is 0 Å². The van der Waals surface area contributed by atoms with E-state index in [9.17, 15) is 8.42 Å². The highest BCUT2D eigenvalue weighted by Crippen LogP contribution is 2.25. The van der Waals surface area contributed by atoms with E-state index in [1.165, 1.54) is 0 Å². The maximum absolute atomic E-state index is 10.4. The first-order valence-electron chi connectivity index (χ1n) is 3.50. The molecule has 0 saturated heterocycles. The highest BCUT2D eigenvalue weighted by Gasteiger charge is 2.03. The quantitative estimate of drug-likeness (QED) is 0.824. The Balaban J connectivity index is 3.15. The molecule has 1 rings (SSSR count). The van der Waals surface area contributed by atoms with E-state index in [1.54, 1.807) is 18.2 Å². The highest BCUT2D eigenvalue weighted by molar-refractivity contribution is 7.88. The average molecular weight is 253 g/mol. The molecule has 0 heterocycles. The monoisotopic (exact) mass is 252 g/mol. The fourth-order valence-electron chi connectivity index (χ4n) is 0.824. The number of hydrogen-bond acceptors (Lipinski definition) is 2. The third kappa shape index (κ3) is 3.31. The summed E-state index contributed by atoms with van der Waals surface area (Å²) in [5, 5.41) is 1.26. The fourth-order valence-corrected chi connectivity index (χ4v) is 1.66. The molecule has 0 spiro atoms. The first-order chi connectivity index (χ1) is 6.40. The smallest absolute Gasteiger partial charge is 0.282 e. The Morgan fingerprint density at radius 1 is 1.21 bits per heavy atom. The topological polar surface area (TPSA) is 54.4 Å². The molecule has 1 aromatic carbocycles. The summed E-state index contributed by atoms with van der Waals surface area (Å²) in [6.45, 7) is 0. The van der Waals surface area contributed by atoms with Crippen LogP contribution in [0, 0.1) is 0 Å². The number of halogens is 2. The molecular formula is C8H6Cl2O3S. The molecule has 3 nitrogen and oxygen atoms in total. The van der Waals surface area contributed by atoms with Gasteiger partial charge in [0.25, 0.3) is 10.1 Å². The summed E-state index contributed by atoms with van der Waals surface area (Å²) in [4.78, 5) is 0. The molecule has 0 amide bonds. The normalized spacial score (nSPS) is 12.2. The van der Waals surface area contributed by atoms with E-state index in [2.05, 4.69) is 0 Å². The van der Waals surface area contributed by atoms with Crippen LogP contribution in [0.3, 0.4) is 0 Å². The minimum absolute atomic E-state index is 0.317. The van der Waals surface area contributed by atoms with Crippen LogP contribution in [0.5, 0.6) is 0 Å². The van der Waals surface area contributed by atoms with Gasteiger partial charge in [-0.25, -0.2) is 0 Å². The molecule has 0 aliphatic carbocycles. The van der Waals surface area contributed by atoms with Crippen LogP contribution in [0.25, 0.3) is 6.08 Å². The maximum Gasteiger partial charge on any atom is 0.287 e. The molecule has 0 unspecified atom stereocenters. The van der Waals surface area contributed by atoms with Gasteiger partial charge in [0.05, 0.1) is 5.41 Å². The summed E-state index contributed by atoms with van der Waals surface area (Å²) in [5.74, 6) is 0. The van der Waals surface area contributed by atoms with Crippen molar-refractivity contribution < 1.29 is 13.0 Å². The number of benzene rings is 1. The molecule has 76 valence electrons. The molecule has 0 saturated carbocycles. The van der Waals surface area contributed by atoms with Gasteiger partial charge in [-0.05, 0) is 18.2 Å². The molecule has 0 bridgehead atoms. The summed E-state index contributed by atoms with van der Waals surface area (Å²) in [6, 6.07) is 4.77. The predicted molar refractivity (Wildman–Crippen MR) is 57.0 cm³/mol. The van der Waals surface area contributed by atoms with Crippen molar-refractivity contribution in [1.82, 2.24) is 0 Å². The van der Waals surface area contributed by atoms with Gasteiger partial charge in [0.2, 0.25) is 0 Å². The van der Waals surface area contributed by atoms with Gasteiger partial charge >= 0.3 is 0 Å². The van der Waals surface area contributed by atoms with Crippen molar-refractivity contribution >= 4 is 39.4 Å². The van der Waals surface area contributed by atoms with Gasteiger partial charge in [-0.2, -0.15) is 8.42 Å². The zero-order valence-corrected chi connectivity index (χ0v) is 9.14. The molecular weight excluding hydrogens is 247 g/mol. The van der Waals surface area contributed by atoms with Gasteiger partial charge in [-0.1, -0.05) is 29.3 Å². The van der Waals surface area contributed by atoms with Crippen LogP contribution in [0.2, 0.25) is 10.0 Å². The van der Waals surface area contributed by atoms with Crippen LogP contribution >= 0.6 is 23.2 Å². The van der Waals surface area contributed by atoms with Crippen molar-refractivity contribution in [2.24, 2.45) is 0 Å². The Kier molecular flexibility index (Phi) is 3.55. The molecule has 0 aliphatic rings. The number of rotatable bonds is 2. The predicted octanol–water partition coefficient (Wildman–Crippen LogP) is 2.85. The Morgan fingerprint density at radius 3 is 2.14 bits per heavy atom. The zero-order valence-electron chi connectivity index (χ0n) is 6.81. The van der Waals surface area contributed by atoms with E-state index < -0.39 is 10.1 Å². The van der Waals surface area contributed by atoms with Crippen molar-refractivity contribution in [3.63, 3.8) is 0 Å². The van der Waals surface area contributed by atoms with E-state index in [0.29, 0.717) is 21.0 Å². The summed E-state index contributed by atoms with van der Waals surface area (Å²) >= 11 is 11.5. The van der Waals surface area contributed by atoms with Gasteiger partial charge in [0, 0.05) is 15.6 Å². The molecule has 6 heteroatoms. The van der Waals surface area contributed by atoms with E-state index >= 15 is 0 Å². The van der Waals surface area contributed by atoms with E-state index in [0.717, 1.165) is 6.08 Å². The molecule has 1 N–H and O–H groups in total. The Morgan fingerprint density at radius 2 is 1.71 bits per heavy atom. The third-order valence-corrected chi connectivity index (χ3v) is 2.55. The molecule has 0 aromatic heterocycles.